The molecule has 1 aliphatic rings. The monoisotopic (exact) mass is 455 g/mol. The number of hydrogen-bond donors (Lipinski definition) is 1. The molecule has 32 heavy (non-hydrogen) atoms. The number of nitrogens with zero attached hydrogens (tertiary/aromatic N) is 3. The third-order valence-electron chi connectivity index (χ3n) is 5.77. The van der Waals surface area contributed by atoms with Gasteiger partial charge >= 0.3 is 11.8 Å². The Bertz CT molecular complexity index is 1190. The third kappa shape index (κ3) is 4.11. The number of amides is 1. The molecule has 3 heterocycles. The van der Waals surface area contributed by atoms with Gasteiger partial charge in [0.15, 0.2) is 5.76 Å². The fourth-order valence-corrected chi connectivity index (χ4v) is 4.28. The van der Waals surface area contributed by atoms with Crippen molar-refractivity contribution in [2.75, 3.05) is 13.1 Å². The number of aliphatic carboxylic acids is 1. The smallest absolute Gasteiger partial charge is 0.380 e. The van der Waals surface area contributed by atoms with Gasteiger partial charge < -0.3 is 14.4 Å². The number of carbonyl (C=O) groups is 3. The van der Waals surface area contributed by atoms with Crippen LogP contribution in [-0.4, -0.2) is 62.7 Å². The number of rotatable bonds is 5. The maximum atomic E-state index is 13.4. The second-order valence-electron chi connectivity index (χ2n) is 8.03. The second kappa shape index (κ2) is 8.72. The topological polar surface area (TPSA) is 104 Å². The third-order valence-corrected chi connectivity index (χ3v) is 6.06. The molecule has 1 fully saturated rings. The van der Waals surface area contributed by atoms with Crippen LogP contribution < -0.4 is 0 Å². The summed E-state index contributed by atoms with van der Waals surface area (Å²) in [6, 6.07) is 11.6. The average Bonchev–Trinajstić information content (AvgIpc) is 3.17. The molecule has 8 nitrogen and oxygen atoms in total. The molecule has 0 saturated carbocycles. The van der Waals surface area contributed by atoms with Gasteiger partial charge in [-0.05, 0) is 25.5 Å². The van der Waals surface area contributed by atoms with E-state index in [0.717, 1.165) is 12.8 Å². The molecule has 0 radical (unpaired) electrons. The molecule has 1 N–H and O–H groups in total. The number of carbonyl (C=O) groups excluding carboxylic acids is 2. The van der Waals surface area contributed by atoms with Crippen LogP contribution in [0.4, 0.5) is 0 Å². The lowest BCUT2D eigenvalue weighted by Crippen LogP contribution is -2.57. The lowest BCUT2D eigenvalue weighted by atomic mass is 10.0. The average molecular weight is 456 g/mol. The van der Waals surface area contributed by atoms with E-state index in [1.807, 2.05) is 25.1 Å². The normalized spacial score (nSPS) is 19.3. The van der Waals surface area contributed by atoms with Crippen LogP contribution in [0.5, 0.6) is 0 Å². The van der Waals surface area contributed by atoms with Crippen molar-refractivity contribution >= 4 is 40.2 Å². The van der Waals surface area contributed by atoms with E-state index in [2.05, 4.69) is 28.9 Å². The van der Waals surface area contributed by atoms with E-state index < -0.39 is 11.8 Å². The number of piperazine rings is 1. The SMILES string of the molecule is C[C@@H]1CN(Cc2ccccc2)[C@@H](C)CN1C(=O)c1cc2c(C(=O)C(=O)O)occ2nc1Cl. The first-order chi connectivity index (χ1) is 15.3. The summed E-state index contributed by atoms with van der Waals surface area (Å²) in [5.41, 5.74) is 1.53. The van der Waals surface area contributed by atoms with E-state index >= 15 is 0 Å². The first kappa shape index (κ1) is 22.0. The molecule has 0 unspecified atom stereocenters. The van der Waals surface area contributed by atoms with Crippen molar-refractivity contribution in [1.82, 2.24) is 14.8 Å². The fraction of sp³-hybridized carbons (Fsp3) is 0.304. The maximum Gasteiger partial charge on any atom is 0.380 e. The van der Waals surface area contributed by atoms with Crippen molar-refractivity contribution in [3.63, 3.8) is 0 Å². The van der Waals surface area contributed by atoms with Gasteiger partial charge in [0.25, 0.3) is 5.91 Å². The number of halogens is 1. The second-order valence-corrected chi connectivity index (χ2v) is 8.39. The van der Waals surface area contributed by atoms with Crippen LogP contribution in [0.2, 0.25) is 5.15 Å². The van der Waals surface area contributed by atoms with Crippen LogP contribution >= 0.6 is 11.6 Å². The maximum absolute atomic E-state index is 13.4. The minimum Gasteiger partial charge on any atom is -0.475 e. The first-order valence-electron chi connectivity index (χ1n) is 10.2. The number of Topliss-reactive ketones (excluding diaryl/α,β-unsaturated/α-hetero) is 1. The summed E-state index contributed by atoms with van der Waals surface area (Å²) in [7, 11) is 0. The molecule has 1 amide bonds. The zero-order chi connectivity index (χ0) is 23.0. The van der Waals surface area contributed by atoms with Gasteiger partial charge in [-0.25, -0.2) is 9.78 Å². The Balaban J connectivity index is 1.59. The number of carboxylic acids is 1. The van der Waals surface area contributed by atoms with E-state index in [-0.39, 0.29) is 45.4 Å². The van der Waals surface area contributed by atoms with Crippen molar-refractivity contribution in [2.24, 2.45) is 0 Å². The molecule has 0 bridgehead atoms. The van der Waals surface area contributed by atoms with E-state index in [4.69, 9.17) is 21.1 Å². The molecule has 1 aromatic carbocycles. The van der Waals surface area contributed by atoms with Crippen molar-refractivity contribution in [3.8, 4) is 0 Å². The predicted molar refractivity (Wildman–Crippen MR) is 118 cm³/mol. The highest BCUT2D eigenvalue weighted by Crippen LogP contribution is 2.28. The Morgan fingerprint density at radius 1 is 1.16 bits per heavy atom. The number of pyridine rings is 1. The summed E-state index contributed by atoms with van der Waals surface area (Å²) < 4.78 is 5.10. The molecule has 1 aliphatic heterocycles. The lowest BCUT2D eigenvalue weighted by Gasteiger charge is -2.44. The highest BCUT2D eigenvalue weighted by molar-refractivity contribution is 6.41. The number of fused-ring (bicyclic) bond motifs is 1. The predicted octanol–water partition coefficient (Wildman–Crippen LogP) is 3.48. The van der Waals surface area contributed by atoms with Crippen LogP contribution in [0.3, 0.4) is 0 Å². The molecule has 3 aromatic rings. The van der Waals surface area contributed by atoms with E-state index in [9.17, 15) is 14.4 Å². The number of aromatic nitrogens is 1. The van der Waals surface area contributed by atoms with Crippen LogP contribution in [-0.2, 0) is 11.3 Å². The number of ketones is 1. The summed E-state index contributed by atoms with van der Waals surface area (Å²) in [4.78, 5) is 44.6. The Kier molecular flexibility index (Phi) is 5.99. The number of carboxylic acid groups (broad SMARTS) is 1. The standard InChI is InChI=1S/C23H22ClN3O5/c1-13-10-27(14(2)9-26(13)11-15-6-4-3-5-7-15)22(29)17-8-16-18(25-21(17)24)12-32-20(16)19(28)23(30)31/h3-8,12-14H,9-11H2,1-2H3,(H,30,31)/t13-,14+/m0/s1. The largest absolute Gasteiger partial charge is 0.475 e. The molecule has 2 atom stereocenters. The summed E-state index contributed by atoms with van der Waals surface area (Å²) >= 11 is 6.28. The summed E-state index contributed by atoms with van der Waals surface area (Å²) in [6.45, 7) is 6.01. The lowest BCUT2D eigenvalue weighted by molar-refractivity contribution is -0.131. The Labute approximate surface area is 189 Å². The van der Waals surface area contributed by atoms with Crippen LogP contribution in [0, 0.1) is 0 Å². The number of furan rings is 1. The first-order valence-corrected chi connectivity index (χ1v) is 10.6. The van der Waals surface area contributed by atoms with E-state index in [1.54, 1.807) is 4.90 Å². The Morgan fingerprint density at radius 3 is 2.56 bits per heavy atom. The van der Waals surface area contributed by atoms with Crippen LogP contribution in [0.1, 0.15) is 40.3 Å². The molecule has 166 valence electrons. The molecule has 9 heteroatoms. The van der Waals surface area contributed by atoms with Crippen molar-refractivity contribution in [3.05, 3.63) is 64.7 Å². The molecular weight excluding hydrogens is 434 g/mol. The summed E-state index contributed by atoms with van der Waals surface area (Å²) in [5.74, 6) is -3.56. The van der Waals surface area contributed by atoms with E-state index in [0.29, 0.717) is 13.1 Å². The molecule has 0 aliphatic carbocycles. The molecule has 4 rings (SSSR count). The highest BCUT2D eigenvalue weighted by Gasteiger charge is 2.34. The van der Waals surface area contributed by atoms with Gasteiger partial charge in [-0.15, -0.1) is 0 Å². The van der Waals surface area contributed by atoms with Crippen molar-refractivity contribution in [1.29, 1.82) is 0 Å². The van der Waals surface area contributed by atoms with Crippen LogP contribution in [0.25, 0.3) is 10.9 Å². The highest BCUT2D eigenvalue weighted by atomic mass is 35.5. The quantitative estimate of drug-likeness (QED) is 0.356. The Hall–Kier alpha value is -3.23. The zero-order valence-electron chi connectivity index (χ0n) is 17.6. The number of benzene rings is 1. The molecule has 2 aromatic heterocycles. The van der Waals surface area contributed by atoms with E-state index in [1.165, 1.54) is 11.6 Å². The van der Waals surface area contributed by atoms with Crippen LogP contribution in [0.15, 0.2) is 47.1 Å². The van der Waals surface area contributed by atoms with Gasteiger partial charge in [0.1, 0.15) is 16.9 Å². The van der Waals surface area contributed by atoms with Gasteiger partial charge in [0.05, 0.1) is 10.9 Å². The van der Waals surface area contributed by atoms with Gasteiger partial charge in [-0.3, -0.25) is 14.5 Å². The van der Waals surface area contributed by atoms with Gasteiger partial charge in [0.2, 0.25) is 0 Å². The zero-order valence-corrected chi connectivity index (χ0v) is 18.4. The molecule has 0 spiro atoms. The molecular formula is C23H22ClN3O5. The molecule has 1 saturated heterocycles. The van der Waals surface area contributed by atoms with Crippen molar-refractivity contribution < 1.29 is 23.9 Å². The summed E-state index contributed by atoms with van der Waals surface area (Å²) in [6.07, 6.45) is 1.15. The van der Waals surface area contributed by atoms with Gasteiger partial charge in [-0.2, -0.15) is 0 Å². The Morgan fingerprint density at radius 2 is 1.88 bits per heavy atom. The fourth-order valence-electron chi connectivity index (χ4n) is 4.05. The minimum absolute atomic E-state index is 0.0239. The number of hydrogen-bond acceptors (Lipinski definition) is 6. The minimum atomic E-state index is -1.65. The summed E-state index contributed by atoms with van der Waals surface area (Å²) in [5, 5.41) is 9.13. The van der Waals surface area contributed by atoms with Crippen molar-refractivity contribution in [2.45, 2.75) is 32.5 Å². The van der Waals surface area contributed by atoms with Gasteiger partial charge in [0, 0.05) is 31.7 Å². The van der Waals surface area contributed by atoms with Gasteiger partial charge in [-0.1, -0.05) is 41.9 Å².